The van der Waals surface area contributed by atoms with Crippen LogP contribution in [0.15, 0.2) is 35.4 Å². The van der Waals surface area contributed by atoms with Crippen molar-refractivity contribution < 1.29 is 14.3 Å². The minimum absolute atomic E-state index is 0.0907. The van der Waals surface area contributed by atoms with Gasteiger partial charge in [-0.15, -0.1) is 0 Å². The van der Waals surface area contributed by atoms with Crippen molar-refractivity contribution in [2.45, 2.75) is 18.8 Å². The molecule has 0 atom stereocenters. The van der Waals surface area contributed by atoms with Gasteiger partial charge in [0, 0.05) is 36.6 Å². The number of aromatic nitrogens is 2. The second-order valence-electron chi connectivity index (χ2n) is 6.80. The summed E-state index contributed by atoms with van der Waals surface area (Å²) in [4.78, 5) is 28.5. The zero-order chi connectivity index (χ0) is 19.1. The van der Waals surface area contributed by atoms with Crippen molar-refractivity contribution in [1.82, 2.24) is 9.55 Å². The fourth-order valence-corrected chi connectivity index (χ4v) is 3.42. The second kappa shape index (κ2) is 6.54. The molecule has 138 valence electrons. The zero-order valence-corrected chi connectivity index (χ0v) is 15.5. The molecule has 27 heavy (non-hydrogen) atoms. The van der Waals surface area contributed by atoms with E-state index in [1.807, 2.05) is 6.07 Å². The Balaban J connectivity index is 2.03. The third kappa shape index (κ3) is 2.87. The molecule has 0 aliphatic heterocycles. The maximum absolute atomic E-state index is 12.6. The Hall–Kier alpha value is -3.15. The number of rotatable bonds is 5. The summed E-state index contributed by atoms with van der Waals surface area (Å²) in [5, 5.41) is 1.41. The largest absolute Gasteiger partial charge is 0.496 e. The quantitative estimate of drug-likeness (QED) is 0.650. The summed E-state index contributed by atoms with van der Waals surface area (Å²) < 4.78 is 12.3. The molecule has 3 aromatic rings. The van der Waals surface area contributed by atoms with Crippen LogP contribution < -0.4 is 15.0 Å². The van der Waals surface area contributed by atoms with E-state index >= 15 is 0 Å². The van der Waals surface area contributed by atoms with E-state index in [2.05, 4.69) is 4.98 Å². The molecule has 0 saturated heterocycles. The lowest BCUT2D eigenvalue weighted by Crippen LogP contribution is -2.17. The Bertz CT molecular complexity index is 1090. The van der Waals surface area contributed by atoms with Crippen LogP contribution in [0.3, 0.4) is 0 Å². The lowest BCUT2D eigenvalue weighted by Gasteiger charge is -2.15. The van der Waals surface area contributed by atoms with Gasteiger partial charge in [-0.1, -0.05) is 0 Å². The number of aryl methyl sites for hydroxylation is 1. The minimum atomic E-state index is -0.0907. The van der Waals surface area contributed by atoms with E-state index in [-0.39, 0.29) is 5.56 Å². The van der Waals surface area contributed by atoms with Crippen LogP contribution in [0.4, 0.5) is 0 Å². The average Bonchev–Trinajstić information content (AvgIpc) is 3.54. The molecule has 1 fully saturated rings. The maximum Gasteiger partial charge on any atom is 0.259 e. The number of pyridine rings is 2. The molecule has 1 aliphatic carbocycles. The van der Waals surface area contributed by atoms with Crippen LogP contribution in [0, 0.1) is 0 Å². The van der Waals surface area contributed by atoms with Gasteiger partial charge in [-0.25, -0.2) is 0 Å². The Labute approximate surface area is 156 Å². The SMILES string of the molecule is COc1cc(-c2cn(C)c(=O)c3cnc(C4CC4)cc23)cc(OC)c1C=O. The van der Waals surface area contributed by atoms with E-state index in [1.54, 1.807) is 36.1 Å². The monoisotopic (exact) mass is 364 g/mol. The van der Waals surface area contributed by atoms with Crippen LogP contribution in [0.25, 0.3) is 21.9 Å². The van der Waals surface area contributed by atoms with Crippen LogP contribution in [-0.2, 0) is 7.05 Å². The molecule has 0 N–H and O–H groups in total. The molecule has 0 spiro atoms. The summed E-state index contributed by atoms with van der Waals surface area (Å²) in [5.74, 6) is 1.34. The van der Waals surface area contributed by atoms with E-state index in [0.717, 1.165) is 41.3 Å². The summed E-state index contributed by atoms with van der Waals surface area (Å²) in [5.41, 5.74) is 2.96. The predicted molar refractivity (Wildman–Crippen MR) is 103 cm³/mol. The van der Waals surface area contributed by atoms with Crippen molar-refractivity contribution in [2.75, 3.05) is 14.2 Å². The Kier molecular flexibility index (Phi) is 4.18. The summed E-state index contributed by atoms with van der Waals surface area (Å²) in [7, 11) is 4.74. The average molecular weight is 364 g/mol. The van der Waals surface area contributed by atoms with E-state index in [9.17, 15) is 9.59 Å². The maximum atomic E-state index is 12.6. The molecule has 2 aromatic heterocycles. The Morgan fingerprint density at radius 1 is 1.11 bits per heavy atom. The second-order valence-corrected chi connectivity index (χ2v) is 6.80. The van der Waals surface area contributed by atoms with Gasteiger partial charge in [-0.3, -0.25) is 14.6 Å². The van der Waals surface area contributed by atoms with Crippen LogP contribution in [0.5, 0.6) is 11.5 Å². The van der Waals surface area contributed by atoms with Gasteiger partial charge in [0.15, 0.2) is 6.29 Å². The number of aldehydes is 1. The van der Waals surface area contributed by atoms with Crippen molar-refractivity contribution in [3.63, 3.8) is 0 Å². The highest BCUT2D eigenvalue weighted by molar-refractivity contribution is 5.97. The third-order valence-corrected chi connectivity index (χ3v) is 5.06. The van der Waals surface area contributed by atoms with Crippen molar-refractivity contribution in [3.8, 4) is 22.6 Å². The molecule has 6 nitrogen and oxygen atoms in total. The summed E-state index contributed by atoms with van der Waals surface area (Å²) in [6, 6.07) is 5.60. The third-order valence-electron chi connectivity index (χ3n) is 5.06. The van der Waals surface area contributed by atoms with E-state index in [4.69, 9.17) is 9.47 Å². The van der Waals surface area contributed by atoms with Crippen molar-refractivity contribution >= 4 is 17.1 Å². The standard InChI is InChI=1S/C21H20N2O4/c1-23-10-16(13-6-19(26-2)17(11-24)20(7-13)27-3)14-8-18(12-4-5-12)22-9-15(14)21(23)25/h6-12H,4-5H2,1-3H3. The van der Waals surface area contributed by atoms with Gasteiger partial charge in [0.05, 0.1) is 25.2 Å². The number of carbonyl (C=O) groups excluding carboxylic acids is 1. The first-order chi connectivity index (χ1) is 13.1. The molecule has 1 saturated carbocycles. The van der Waals surface area contributed by atoms with Gasteiger partial charge in [0.25, 0.3) is 5.56 Å². The number of ether oxygens (including phenoxy) is 2. The highest BCUT2D eigenvalue weighted by Gasteiger charge is 2.26. The minimum Gasteiger partial charge on any atom is -0.496 e. The molecule has 1 aromatic carbocycles. The number of carbonyl (C=O) groups is 1. The molecule has 6 heteroatoms. The van der Waals surface area contributed by atoms with Crippen molar-refractivity contribution in [2.24, 2.45) is 7.05 Å². The Morgan fingerprint density at radius 2 is 1.78 bits per heavy atom. The van der Waals surface area contributed by atoms with Gasteiger partial charge in [0.1, 0.15) is 11.5 Å². The van der Waals surface area contributed by atoms with Crippen LogP contribution in [-0.4, -0.2) is 30.1 Å². The van der Waals surface area contributed by atoms with E-state index in [0.29, 0.717) is 28.4 Å². The first-order valence-electron chi connectivity index (χ1n) is 8.78. The lowest BCUT2D eigenvalue weighted by atomic mass is 9.98. The normalized spacial score (nSPS) is 13.6. The van der Waals surface area contributed by atoms with Gasteiger partial charge in [0.2, 0.25) is 0 Å². The van der Waals surface area contributed by atoms with Crippen LogP contribution in [0.2, 0.25) is 0 Å². The predicted octanol–water partition coefficient (Wildman–Crippen LogP) is 3.31. The lowest BCUT2D eigenvalue weighted by molar-refractivity contribution is 0.111. The molecular weight excluding hydrogens is 344 g/mol. The molecule has 4 rings (SSSR count). The molecule has 0 bridgehead atoms. The van der Waals surface area contributed by atoms with Crippen molar-refractivity contribution in [3.05, 3.63) is 52.2 Å². The topological polar surface area (TPSA) is 70.4 Å². The molecule has 2 heterocycles. The number of nitrogens with zero attached hydrogens (tertiary/aromatic N) is 2. The fraction of sp³-hybridized carbons (Fsp3) is 0.286. The Morgan fingerprint density at radius 3 is 2.33 bits per heavy atom. The summed E-state index contributed by atoms with van der Waals surface area (Å²) in [6.45, 7) is 0. The molecule has 0 amide bonds. The van der Waals surface area contributed by atoms with Crippen LogP contribution in [0.1, 0.15) is 34.8 Å². The number of benzene rings is 1. The number of fused-ring (bicyclic) bond motifs is 1. The first kappa shape index (κ1) is 17.3. The van der Waals surface area contributed by atoms with E-state index < -0.39 is 0 Å². The first-order valence-corrected chi connectivity index (χ1v) is 8.78. The fourth-order valence-electron chi connectivity index (χ4n) is 3.42. The van der Waals surface area contributed by atoms with E-state index in [1.165, 1.54) is 14.2 Å². The molecule has 0 unspecified atom stereocenters. The molecular formula is C21H20N2O4. The number of hydrogen-bond acceptors (Lipinski definition) is 5. The molecule has 1 aliphatic rings. The van der Waals surface area contributed by atoms with Gasteiger partial charge < -0.3 is 14.0 Å². The highest BCUT2D eigenvalue weighted by atomic mass is 16.5. The summed E-state index contributed by atoms with van der Waals surface area (Å²) in [6.07, 6.45) is 6.46. The van der Waals surface area contributed by atoms with Gasteiger partial charge in [-0.2, -0.15) is 0 Å². The number of hydrogen-bond donors (Lipinski definition) is 0. The zero-order valence-electron chi connectivity index (χ0n) is 15.5. The summed E-state index contributed by atoms with van der Waals surface area (Å²) >= 11 is 0. The smallest absolute Gasteiger partial charge is 0.259 e. The number of methoxy groups -OCH3 is 2. The van der Waals surface area contributed by atoms with Crippen LogP contribution >= 0.6 is 0 Å². The molecule has 0 radical (unpaired) electrons. The van der Waals surface area contributed by atoms with Gasteiger partial charge >= 0.3 is 0 Å². The van der Waals surface area contributed by atoms with Crippen molar-refractivity contribution in [1.29, 1.82) is 0 Å². The van der Waals surface area contributed by atoms with Gasteiger partial charge in [-0.05, 0) is 42.0 Å². The highest BCUT2D eigenvalue weighted by Crippen LogP contribution is 2.41.